The molecule has 1 heterocycles. The fraction of sp³-hybridized carbons (Fsp3) is 0.435. The highest BCUT2D eigenvalue weighted by Crippen LogP contribution is 2.34. The first-order chi connectivity index (χ1) is 13.9. The molecule has 2 aromatic rings. The van der Waals surface area contributed by atoms with E-state index in [0.717, 1.165) is 42.4 Å². The zero-order valence-electron chi connectivity index (χ0n) is 16.8. The summed E-state index contributed by atoms with van der Waals surface area (Å²) in [4.78, 5) is 14.9. The van der Waals surface area contributed by atoms with Crippen molar-refractivity contribution in [3.63, 3.8) is 0 Å². The van der Waals surface area contributed by atoms with Crippen LogP contribution in [-0.2, 0) is 21.2 Å². The second-order valence-corrected chi connectivity index (χ2v) is 10.1. The molecule has 0 aromatic heterocycles. The SMILES string of the molecule is CS(=O)(=O)N[C@H]1CCCN(C(=O)C2CC2)[C@H]1Cc1cccc(-c2ccccc2)c1. The summed E-state index contributed by atoms with van der Waals surface area (Å²) >= 11 is 0. The molecule has 0 spiro atoms. The number of amides is 1. The number of rotatable bonds is 6. The van der Waals surface area contributed by atoms with Gasteiger partial charge < -0.3 is 4.90 Å². The molecule has 2 aliphatic rings. The average Bonchev–Trinajstić information content (AvgIpc) is 3.54. The van der Waals surface area contributed by atoms with Crippen molar-refractivity contribution in [3.8, 4) is 11.1 Å². The maximum absolute atomic E-state index is 12.9. The Hall–Kier alpha value is -2.18. The average molecular weight is 413 g/mol. The van der Waals surface area contributed by atoms with Crippen molar-refractivity contribution in [1.82, 2.24) is 9.62 Å². The molecule has 154 valence electrons. The van der Waals surface area contributed by atoms with Gasteiger partial charge in [0.1, 0.15) is 0 Å². The molecule has 5 nitrogen and oxygen atoms in total. The molecule has 29 heavy (non-hydrogen) atoms. The number of piperidine rings is 1. The number of sulfonamides is 1. The van der Waals surface area contributed by atoms with Crippen LogP contribution in [0.1, 0.15) is 31.2 Å². The number of hydrogen-bond donors (Lipinski definition) is 1. The van der Waals surface area contributed by atoms with E-state index in [9.17, 15) is 13.2 Å². The van der Waals surface area contributed by atoms with E-state index in [-0.39, 0.29) is 23.9 Å². The van der Waals surface area contributed by atoms with Crippen molar-refractivity contribution in [2.45, 2.75) is 44.2 Å². The van der Waals surface area contributed by atoms with E-state index in [1.165, 1.54) is 6.26 Å². The molecule has 6 heteroatoms. The summed E-state index contributed by atoms with van der Waals surface area (Å²) in [5.74, 6) is 0.319. The zero-order valence-corrected chi connectivity index (χ0v) is 17.6. The third kappa shape index (κ3) is 5.06. The lowest BCUT2D eigenvalue weighted by Crippen LogP contribution is -2.58. The normalized spacial score (nSPS) is 22.4. The Morgan fingerprint density at radius 2 is 1.76 bits per heavy atom. The van der Waals surface area contributed by atoms with Gasteiger partial charge in [0.25, 0.3) is 0 Å². The monoisotopic (exact) mass is 412 g/mol. The standard InChI is InChI=1S/C23H28N2O3S/c1-29(27,28)24-21-11-6-14-25(23(26)19-12-13-19)22(21)16-17-7-5-10-20(15-17)18-8-3-2-4-9-18/h2-5,7-10,15,19,21-22,24H,6,11-14,16H2,1H3/t21-,22-/m0/s1. The summed E-state index contributed by atoms with van der Waals surface area (Å²) in [6.07, 6.45) is 5.33. The molecule has 1 aliphatic heterocycles. The molecule has 4 rings (SSSR count). The molecule has 1 saturated carbocycles. The Labute approximate surface area is 173 Å². The van der Waals surface area contributed by atoms with Crippen LogP contribution in [0.3, 0.4) is 0 Å². The minimum absolute atomic E-state index is 0.130. The molecule has 0 unspecified atom stereocenters. The van der Waals surface area contributed by atoms with Gasteiger partial charge in [-0.05, 0) is 48.8 Å². The third-order valence-electron chi connectivity index (χ3n) is 5.83. The second kappa shape index (κ2) is 8.28. The molecule has 1 aliphatic carbocycles. The van der Waals surface area contributed by atoms with Crippen molar-refractivity contribution in [2.75, 3.05) is 12.8 Å². The quantitative estimate of drug-likeness (QED) is 0.792. The van der Waals surface area contributed by atoms with Crippen molar-refractivity contribution < 1.29 is 13.2 Å². The predicted octanol–water partition coefficient (Wildman–Crippen LogP) is 3.21. The molecule has 0 radical (unpaired) electrons. The number of likely N-dealkylation sites (tertiary alicyclic amines) is 1. The highest BCUT2D eigenvalue weighted by Gasteiger charge is 2.41. The largest absolute Gasteiger partial charge is 0.338 e. The summed E-state index contributed by atoms with van der Waals surface area (Å²) < 4.78 is 26.7. The van der Waals surface area contributed by atoms with Gasteiger partial charge >= 0.3 is 0 Å². The molecule has 1 saturated heterocycles. The van der Waals surface area contributed by atoms with Crippen LogP contribution >= 0.6 is 0 Å². The van der Waals surface area contributed by atoms with E-state index >= 15 is 0 Å². The molecule has 1 amide bonds. The van der Waals surface area contributed by atoms with Crippen molar-refractivity contribution in [1.29, 1.82) is 0 Å². The number of carbonyl (C=O) groups is 1. The summed E-state index contributed by atoms with van der Waals surface area (Å²) in [5.41, 5.74) is 3.40. The van der Waals surface area contributed by atoms with Gasteiger partial charge in [0.05, 0.1) is 12.3 Å². The van der Waals surface area contributed by atoms with Crippen LogP contribution in [0, 0.1) is 5.92 Å². The summed E-state index contributed by atoms with van der Waals surface area (Å²) in [6, 6.07) is 18.1. The van der Waals surface area contributed by atoms with E-state index < -0.39 is 10.0 Å². The lowest BCUT2D eigenvalue weighted by Gasteiger charge is -2.41. The lowest BCUT2D eigenvalue weighted by atomic mass is 9.90. The summed E-state index contributed by atoms with van der Waals surface area (Å²) in [7, 11) is -3.34. The molecular formula is C23H28N2O3S. The molecule has 2 fully saturated rings. The van der Waals surface area contributed by atoms with Crippen LogP contribution in [0.5, 0.6) is 0 Å². The fourth-order valence-electron chi connectivity index (χ4n) is 4.31. The van der Waals surface area contributed by atoms with E-state index in [1.807, 2.05) is 29.2 Å². The van der Waals surface area contributed by atoms with E-state index in [1.54, 1.807) is 0 Å². The van der Waals surface area contributed by atoms with Crippen LogP contribution in [-0.4, -0.2) is 44.1 Å². The molecule has 0 bridgehead atoms. The lowest BCUT2D eigenvalue weighted by molar-refractivity contribution is -0.136. The van der Waals surface area contributed by atoms with Gasteiger partial charge in [-0.2, -0.15) is 0 Å². The Morgan fingerprint density at radius 3 is 2.45 bits per heavy atom. The van der Waals surface area contributed by atoms with Gasteiger partial charge in [-0.3, -0.25) is 4.79 Å². The van der Waals surface area contributed by atoms with Crippen LogP contribution in [0.2, 0.25) is 0 Å². The van der Waals surface area contributed by atoms with Crippen molar-refractivity contribution in [2.24, 2.45) is 5.92 Å². The molecule has 2 atom stereocenters. The second-order valence-electron chi connectivity index (χ2n) is 8.28. The Bertz CT molecular complexity index is 971. The first-order valence-electron chi connectivity index (χ1n) is 10.3. The van der Waals surface area contributed by atoms with E-state index in [0.29, 0.717) is 13.0 Å². The van der Waals surface area contributed by atoms with Gasteiger partial charge in [0.15, 0.2) is 0 Å². The highest BCUT2D eigenvalue weighted by molar-refractivity contribution is 7.88. The predicted molar refractivity (Wildman–Crippen MR) is 115 cm³/mol. The fourth-order valence-corrected chi connectivity index (χ4v) is 5.14. The zero-order chi connectivity index (χ0) is 20.4. The van der Waals surface area contributed by atoms with Crippen LogP contribution in [0.15, 0.2) is 54.6 Å². The highest BCUT2D eigenvalue weighted by atomic mass is 32.2. The van der Waals surface area contributed by atoms with Gasteiger partial charge in [0, 0.05) is 18.5 Å². The molecule has 1 N–H and O–H groups in total. The number of benzene rings is 2. The molecular weight excluding hydrogens is 384 g/mol. The Kier molecular flexibility index (Phi) is 5.74. The topological polar surface area (TPSA) is 66.5 Å². The first kappa shape index (κ1) is 20.1. The first-order valence-corrected chi connectivity index (χ1v) is 12.2. The number of nitrogens with zero attached hydrogens (tertiary/aromatic N) is 1. The van der Waals surface area contributed by atoms with Crippen LogP contribution in [0.25, 0.3) is 11.1 Å². The van der Waals surface area contributed by atoms with Gasteiger partial charge in [-0.15, -0.1) is 0 Å². The third-order valence-corrected chi connectivity index (χ3v) is 6.56. The summed E-state index contributed by atoms with van der Waals surface area (Å²) in [5, 5.41) is 0. The summed E-state index contributed by atoms with van der Waals surface area (Å²) in [6.45, 7) is 0.709. The van der Waals surface area contributed by atoms with E-state index in [2.05, 4.69) is 35.1 Å². The van der Waals surface area contributed by atoms with Crippen molar-refractivity contribution in [3.05, 3.63) is 60.2 Å². The minimum Gasteiger partial charge on any atom is -0.338 e. The molecule has 2 aromatic carbocycles. The van der Waals surface area contributed by atoms with Gasteiger partial charge in [0.2, 0.25) is 15.9 Å². The maximum atomic E-state index is 12.9. The van der Waals surface area contributed by atoms with Gasteiger partial charge in [-0.25, -0.2) is 13.1 Å². The smallest absolute Gasteiger partial charge is 0.225 e. The minimum atomic E-state index is -3.34. The Balaban J connectivity index is 1.61. The number of hydrogen-bond acceptors (Lipinski definition) is 3. The van der Waals surface area contributed by atoms with E-state index in [4.69, 9.17) is 0 Å². The Morgan fingerprint density at radius 1 is 1.03 bits per heavy atom. The van der Waals surface area contributed by atoms with Crippen molar-refractivity contribution >= 4 is 15.9 Å². The maximum Gasteiger partial charge on any atom is 0.225 e. The number of nitrogens with one attached hydrogen (secondary N) is 1. The van der Waals surface area contributed by atoms with Crippen LogP contribution < -0.4 is 4.72 Å². The van der Waals surface area contributed by atoms with Gasteiger partial charge in [-0.1, -0.05) is 54.6 Å². The number of carbonyl (C=O) groups excluding carboxylic acids is 1. The van der Waals surface area contributed by atoms with Crippen LogP contribution in [0.4, 0.5) is 0 Å².